The molecule has 9 nitrogen and oxygen atoms in total. The summed E-state index contributed by atoms with van der Waals surface area (Å²) in [5.74, 6) is -3.29. The van der Waals surface area contributed by atoms with Crippen LogP contribution in [-0.4, -0.2) is 51.0 Å². The van der Waals surface area contributed by atoms with Crippen molar-refractivity contribution in [1.82, 2.24) is 20.0 Å². The minimum atomic E-state index is -1.12. The highest BCUT2D eigenvalue weighted by Crippen LogP contribution is 2.35. The lowest BCUT2D eigenvalue weighted by molar-refractivity contribution is -0.135. The number of unbranched alkanes of at least 4 members (excludes halogenated alkanes) is 1. The minimum absolute atomic E-state index is 0.0174. The number of aryl methyl sites for hydroxylation is 1. The number of amides is 2. The summed E-state index contributed by atoms with van der Waals surface area (Å²) in [6, 6.07) is 5.70. The van der Waals surface area contributed by atoms with E-state index in [1.54, 1.807) is 19.9 Å². The molecule has 40 heavy (non-hydrogen) atoms. The zero-order valence-corrected chi connectivity index (χ0v) is 22.4. The molecule has 3 aromatic rings. The number of aromatic nitrogens is 2. The summed E-state index contributed by atoms with van der Waals surface area (Å²) in [7, 11) is 0. The Bertz CT molecular complexity index is 1560. The van der Waals surface area contributed by atoms with Crippen LogP contribution in [0.2, 0.25) is 0 Å². The summed E-state index contributed by atoms with van der Waals surface area (Å²) < 4.78 is 50.0. The smallest absolute Gasteiger partial charge is 0.254 e. The molecule has 0 saturated carbocycles. The van der Waals surface area contributed by atoms with Crippen molar-refractivity contribution in [1.29, 1.82) is 0 Å². The van der Waals surface area contributed by atoms with E-state index in [9.17, 15) is 22.8 Å². The second-order valence-corrected chi connectivity index (χ2v) is 10.2. The van der Waals surface area contributed by atoms with Crippen LogP contribution in [-0.2, 0) is 16.0 Å². The Labute approximate surface area is 228 Å². The molecular weight excluding hydrogens is 525 g/mol. The van der Waals surface area contributed by atoms with Crippen molar-refractivity contribution in [3.8, 4) is 5.75 Å². The fraction of sp³-hybridized carbons (Fsp3) is 0.393. The molecule has 0 saturated heterocycles. The number of pyridine rings is 1. The van der Waals surface area contributed by atoms with Crippen LogP contribution >= 0.6 is 0 Å². The molecule has 2 aromatic heterocycles. The Morgan fingerprint density at radius 3 is 2.58 bits per heavy atom. The number of halogens is 3. The van der Waals surface area contributed by atoms with Crippen LogP contribution in [0.15, 0.2) is 40.7 Å². The monoisotopic (exact) mass is 554 g/mol. The summed E-state index contributed by atoms with van der Waals surface area (Å²) in [6.07, 6.45) is 3.23. The highest BCUT2D eigenvalue weighted by Gasteiger charge is 2.45. The molecule has 5 rings (SSSR count). The van der Waals surface area contributed by atoms with Gasteiger partial charge < -0.3 is 4.74 Å². The fourth-order valence-electron chi connectivity index (χ4n) is 4.89. The van der Waals surface area contributed by atoms with E-state index in [0.29, 0.717) is 37.0 Å². The molecule has 0 bridgehead atoms. The standard InChI is InChI=1S/C28H29F3N6O3/c1-4-18-23(20-10-7-16(29)15-37(20)34-18)26-28(2,3)27(39)36(35-26)13-5-6-14-40-21-11-8-17(24(30)25(21)31)19-9-12-22(38)33-32-19/h7-8,10-11,15H,4-6,9,12-14H2,1-3H3,(H,33,38). The van der Waals surface area contributed by atoms with E-state index in [-0.39, 0.29) is 48.3 Å². The lowest BCUT2D eigenvalue weighted by Crippen LogP contribution is -2.35. The van der Waals surface area contributed by atoms with Crippen LogP contribution in [0.5, 0.6) is 5.75 Å². The van der Waals surface area contributed by atoms with Gasteiger partial charge in [-0.3, -0.25) is 9.59 Å². The van der Waals surface area contributed by atoms with Gasteiger partial charge in [-0.1, -0.05) is 6.92 Å². The third-order valence-electron chi connectivity index (χ3n) is 7.10. The number of carbonyl (C=O) groups is 2. The van der Waals surface area contributed by atoms with Gasteiger partial charge in [-0.2, -0.15) is 19.7 Å². The summed E-state index contributed by atoms with van der Waals surface area (Å²) >= 11 is 0. The molecule has 12 heteroatoms. The Hall–Kier alpha value is -4.22. The number of rotatable bonds is 9. The van der Waals surface area contributed by atoms with Gasteiger partial charge in [-0.15, -0.1) is 0 Å². The minimum Gasteiger partial charge on any atom is -0.490 e. The molecule has 4 heterocycles. The van der Waals surface area contributed by atoms with Gasteiger partial charge in [0.1, 0.15) is 5.82 Å². The van der Waals surface area contributed by atoms with Gasteiger partial charge in [-0.05, 0) is 57.4 Å². The van der Waals surface area contributed by atoms with Crippen LogP contribution in [0.25, 0.3) is 5.52 Å². The van der Waals surface area contributed by atoms with Crippen LogP contribution in [0.1, 0.15) is 63.3 Å². The molecule has 0 spiro atoms. The van der Waals surface area contributed by atoms with Crippen molar-refractivity contribution >= 4 is 28.8 Å². The van der Waals surface area contributed by atoms with E-state index in [1.807, 2.05) is 6.92 Å². The van der Waals surface area contributed by atoms with Crippen LogP contribution in [0.4, 0.5) is 13.2 Å². The number of hydrogen-bond acceptors (Lipinski definition) is 6. The predicted molar refractivity (Wildman–Crippen MR) is 142 cm³/mol. The zero-order chi connectivity index (χ0) is 28.6. The van der Waals surface area contributed by atoms with Crippen molar-refractivity contribution in [2.24, 2.45) is 15.6 Å². The van der Waals surface area contributed by atoms with Crippen molar-refractivity contribution in [3.63, 3.8) is 0 Å². The lowest BCUT2D eigenvalue weighted by Gasteiger charge is -2.19. The van der Waals surface area contributed by atoms with Gasteiger partial charge in [0, 0.05) is 30.5 Å². The van der Waals surface area contributed by atoms with Crippen LogP contribution in [0.3, 0.4) is 0 Å². The first kappa shape index (κ1) is 27.4. The number of nitrogens with one attached hydrogen (secondary N) is 1. The maximum absolute atomic E-state index is 14.6. The van der Waals surface area contributed by atoms with Crippen molar-refractivity contribution in [3.05, 3.63) is 64.7 Å². The molecule has 0 unspecified atom stereocenters. The molecule has 2 aliphatic heterocycles. The summed E-state index contributed by atoms with van der Waals surface area (Å²) in [5.41, 5.74) is 4.31. The van der Waals surface area contributed by atoms with Gasteiger partial charge >= 0.3 is 0 Å². The maximum Gasteiger partial charge on any atom is 0.254 e. The molecule has 1 N–H and O–H groups in total. The first-order valence-electron chi connectivity index (χ1n) is 13.2. The second-order valence-electron chi connectivity index (χ2n) is 10.2. The Kier molecular flexibility index (Phi) is 7.35. The summed E-state index contributed by atoms with van der Waals surface area (Å²) in [5, 5.41) is 14.4. The molecule has 0 atom stereocenters. The van der Waals surface area contributed by atoms with Gasteiger partial charge in [0.25, 0.3) is 5.91 Å². The van der Waals surface area contributed by atoms with E-state index in [2.05, 4.69) is 20.7 Å². The highest BCUT2D eigenvalue weighted by atomic mass is 19.2. The first-order chi connectivity index (χ1) is 19.1. The Balaban J connectivity index is 1.23. The number of carbonyl (C=O) groups excluding carboxylic acids is 2. The first-order valence-corrected chi connectivity index (χ1v) is 13.2. The number of benzene rings is 1. The topological polar surface area (TPSA) is 101 Å². The molecule has 0 fully saturated rings. The number of nitrogens with zero attached hydrogens (tertiary/aromatic N) is 5. The van der Waals surface area contributed by atoms with Gasteiger partial charge in [0.05, 0.1) is 40.9 Å². The predicted octanol–water partition coefficient (Wildman–Crippen LogP) is 4.36. The van der Waals surface area contributed by atoms with E-state index in [4.69, 9.17) is 4.74 Å². The number of hydrogen-bond donors (Lipinski definition) is 1. The molecule has 2 aliphatic rings. The molecule has 1 aromatic carbocycles. The largest absolute Gasteiger partial charge is 0.490 e. The quantitative estimate of drug-likeness (QED) is 0.397. The van der Waals surface area contributed by atoms with Crippen LogP contribution < -0.4 is 10.2 Å². The Morgan fingerprint density at radius 1 is 1.05 bits per heavy atom. The third kappa shape index (κ3) is 4.93. The molecule has 210 valence electrons. The molecule has 2 amide bonds. The molecule has 0 aliphatic carbocycles. The van der Waals surface area contributed by atoms with Gasteiger partial charge in [-0.25, -0.2) is 23.7 Å². The van der Waals surface area contributed by atoms with Crippen molar-refractivity contribution in [2.75, 3.05) is 13.2 Å². The molecular formula is C28H29F3N6O3. The highest BCUT2D eigenvalue weighted by molar-refractivity contribution is 6.22. The lowest BCUT2D eigenvalue weighted by atomic mass is 9.82. The van der Waals surface area contributed by atoms with Crippen LogP contribution in [0, 0.1) is 22.9 Å². The SMILES string of the molecule is CCc1nn2cc(F)ccc2c1C1=NN(CCCCOc2ccc(C3=NNC(=O)CC3)c(F)c2F)C(=O)C1(C)C. The van der Waals surface area contributed by atoms with E-state index in [1.165, 1.54) is 33.9 Å². The van der Waals surface area contributed by atoms with Gasteiger partial charge in [0.15, 0.2) is 11.6 Å². The van der Waals surface area contributed by atoms with E-state index < -0.39 is 22.9 Å². The number of fused-ring (bicyclic) bond motifs is 1. The van der Waals surface area contributed by atoms with Crippen molar-refractivity contribution < 1.29 is 27.5 Å². The average Bonchev–Trinajstić information content (AvgIpc) is 3.39. The third-order valence-corrected chi connectivity index (χ3v) is 7.10. The summed E-state index contributed by atoms with van der Waals surface area (Å²) in [6.45, 7) is 5.96. The van der Waals surface area contributed by atoms with Crippen molar-refractivity contribution in [2.45, 2.75) is 52.9 Å². The zero-order valence-electron chi connectivity index (χ0n) is 22.4. The van der Waals surface area contributed by atoms with E-state index >= 15 is 0 Å². The number of hydrazone groups is 2. The maximum atomic E-state index is 14.6. The average molecular weight is 555 g/mol. The Morgan fingerprint density at radius 2 is 1.85 bits per heavy atom. The normalized spacial score (nSPS) is 16.8. The van der Waals surface area contributed by atoms with E-state index in [0.717, 1.165) is 11.3 Å². The molecule has 0 radical (unpaired) electrons. The fourth-order valence-corrected chi connectivity index (χ4v) is 4.89. The second kappa shape index (κ2) is 10.7. The number of ether oxygens (including phenoxy) is 1. The van der Waals surface area contributed by atoms with Gasteiger partial charge in [0.2, 0.25) is 11.7 Å². The summed E-state index contributed by atoms with van der Waals surface area (Å²) in [4.78, 5) is 24.5.